The van der Waals surface area contributed by atoms with Crippen LogP contribution in [0, 0.1) is 0 Å². The molecule has 1 heterocycles. The van der Waals surface area contributed by atoms with Crippen molar-refractivity contribution in [2.75, 3.05) is 4.90 Å². The predicted molar refractivity (Wildman–Crippen MR) is 235 cm³/mol. The average molecular weight is 699 g/mol. The van der Waals surface area contributed by atoms with Gasteiger partial charge in [0.25, 0.3) is 0 Å². The van der Waals surface area contributed by atoms with Crippen LogP contribution in [0.25, 0.3) is 55.3 Å². The van der Waals surface area contributed by atoms with Crippen molar-refractivity contribution in [3.05, 3.63) is 200 Å². The highest BCUT2D eigenvalue weighted by molar-refractivity contribution is 6.11. The van der Waals surface area contributed by atoms with Crippen molar-refractivity contribution in [1.29, 1.82) is 0 Å². The summed E-state index contributed by atoms with van der Waals surface area (Å²) in [6.07, 6.45) is 11.8. The van der Waals surface area contributed by atoms with Crippen LogP contribution in [0.5, 0.6) is 0 Å². The molecule has 6 aromatic carbocycles. The van der Waals surface area contributed by atoms with E-state index in [9.17, 15) is 0 Å². The van der Waals surface area contributed by atoms with Gasteiger partial charge in [-0.2, -0.15) is 0 Å². The number of rotatable bonds is 11. The number of benzene rings is 6. The Morgan fingerprint density at radius 3 is 2.02 bits per heavy atom. The van der Waals surface area contributed by atoms with E-state index in [1.165, 1.54) is 60.9 Å². The second-order valence-corrected chi connectivity index (χ2v) is 14.6. The van der Waals surface area contributed by atoms with Gasteiger partial charge in [-0.25, -0.2) is 0 Å². The van der Waals surface area contributed by atoms with Gasteiger partial charge < -0.3 is 9.47 Å². The Kier molecular flexibility index (Phi) is 9.13. The third kappa shape index (κ3) is 5.85. The third-order valence-corrected chi connectivity index (χ3v) is 11.2. The van der Waals surface area contributed by atoms with Gasteiger partial charge in [-0.05, 0) is 119 Å². The van der Waals surface area contributed by atoms with Gasteiger partial charge in [-0.1, -0.05) is 136 Å². The molecule has 0 amide bonds. The summed E-state index contributed by atoms with van der Waals surface area (Å²) in [4.78, 5) is 2.37. The van der Waals surface area contributed by atoms with E-state index in [0.29, 0.717) is 0 Å². The maximum absolute atomic E-state index is 4.03. The molecule has 0 fully saturated rings. The number of nitrogens with zero attached hydrogens (tertiary/aromatic N) is 2. The lowest BCUT2D eigenvalue weighted by Gasteiger charge is -2.28. The van der Waals surface area contributed by atoms with Gasteiger partial charge in [0.15, 0.2) is 0 Å². The Labute approximate surface area is 320 Å². The van der Waals surface area contributed by atoms with Crippen LogP contribution in [-0.2, 0) is 5.41 Å². The molecule has 0 spiro atoms. The van der Waals surface area contributed by atoms with Gasteiger partial charge in [0.1, 0.15) is 0 Å². The fourth-order valence-electron chi connectivity index (χ4n) is 8.39. The van der Waals surface area contributed by atoms with E-state index in [0.717, 1.165) is 41.0 Å². The SMILES string of the molecule is C=C/C=C(\C=C)c1ccc(N(c2ccc(-c3ccc4c(c3)c3ccccc3n4/C(=C/C)CCC=C)cc2)c2ccc3c(c2)C(C)(C)c2ccccc2-3)cc1. The molecule has 0 N–H and O–H groups in total. The molecule has 0 unspecified atom stereocenters. The van der Waals surface area contributed by atoms with E-state index in [4.69, 9.17) is 0 Å². The molecule has 7 aromatic rings. The third-order valence-electron chi connectivity index (χ3n) is 11.2. The number of hydrogen-bond acceptors (Lipinski definition) is 1. The number of allylic oxidation sites excluding steroid dienone is 7. The topological polar surface area (TPSA) is 8.17 Å². The van der Waals surface area contributed by atoms with E-state index >= 15 is 0 Å². The van der Waals surface area contributed by atoms with Crippen molar-refractivity contribution in [3.8, 4) is 22.3 Å². The van der Waals surface area contributed by atoms with E-state index in [-0.39, 0.29) is 5.41 Å². The zero-order chi connectivity index (χ0) is 37.4. The minimum Gasteiger partial charge on any atom is -0.313 e. The van der Waals surface area contributed by atoms with Gasteiger partial charge in [-0.15, -0.1) is 6.58 Å². The van der Waals surface area contributed by atoms with Gasteiger partial charge in [0, 0.05) is 38.9 Å². The Hall–Kier alpha value is -6.38. The summed E-state index contributed by atoms with van der Waals surface area (Å²) in [6.45, 7) is 18.7. The Morgan fingerprint density at radius 2 is 1.30 bits per heavy atom. The number of anilines is 3. The van der Waals surface area contributed by atoms with Gasteiger partial charge in [0.2, 0.25) is 0 Å². The highest BCUT2D eigenvalue weighted by Crippen LogP contribution is 2.50. The summed E-state index contributed by atoms with van der Waals surface area (Å²) in [6, 6.07) is 49.2. The van der Waals surface area contributed by atoms with E-state index in [2.05, 4.69) is 190 Å². The lowest BCUT2D eigenvalue weighted by atomic mass is 9.82. The second-order valence-electron chi connectivity index (χ2n) is 14.6. The first-order valence-corrected chi connectivity index (χ1v) is 18.9. The summed E-state index contributed by atoms with van der Waals surface area (Å²) in [5, 5.41) is 2.53. The zero-order valence-electron chi connectivity index (χ0n) is 31.5. The number of para-hydroxylation sites is 1. The first kappa shape index (κ1) is 34.7. The summed E-state index contributed by atoms with van der Waals surface area (Å²) >= 11 is 0. The molecule has 0 bridgehead atoms. The van der Waals surface area contributed by atoms with Crippen molar-refractivity contribution in [3.63, 3.8) is 0 Å². The van der Waals surface area contributed by atoms with Crippen LogP contribution in [0.15, 0.2) is 184 Å². The quantitative estimate of drug-likeness (QED) is 0.0964. The molecule has 54 heavy (non-hydrogen) atoms. The standard InChI is InChI=1S/C52H46N2/c1-7-11-17-40(10-4)54-50-21-15-13-19-46(50)47-34-39(26-33-51(47)54)38-24-29-42(30-25-38)53(41-27-22-37(23-28-41)36(9-3)16-8-2)43-31-32-45-44-18-12-14-20-48(44)52(5,6)49(45)35-43/h7-10,12-16,18-35H,1-3,11,17H2,4-6H3/b36-16+,40-10+. The molecule has 0 atom stereocenters. The number of hydrogen-bond donors (Lipinski definition) is 0. The fourth-order valence-corrected chi connectivity index (χ4v) is 8.39. The average Bonchev–Trinajstić information content (AvgIpc) is 3.66. The first-order valence-electron chi connectivity index (χ1n) is 18.9. The molecule has 0 aliphatic heterocycles. The molecule has 264 valence electrons. The highest BCUT2D eigenvalue weighted by atomic mass is 15.1. The molecule has 0 saturated carbocycles. The van der Waals surface area contributed by atoms with Gasteiger partial charge in [-0.3, -0.25) is 0 Å². The maximum atomic E-state index is 4.03. The van der Waals surface area contributed by atoms with Crippen LogP contribution in [0.4, 0.5) is 17.1 Å². The van der Waals surface area contributed by atoms with Crippen molar-refractivity contribution >= 4 is 50.1 Å². The van der Waals surface area contributed by atoms with Crippen LogP contribution < -0.4 is 4.90 Å². The minimum absolute atomic E-state index is 0.100. The van der Waals surface area contributed by atoms with E-state index in [1.54, 1.807) is 0 Å². The second kappa shape index (κ2) is 14.2. The van der Waals surface area contributed by atoms with Crippen LogP contribution in [0.2, 0.25) is 0 Å². The monoisotopic (exact) mass is 698 g/mol. The van der Waals surface area contributed by atoms with Crippen LogP contribution >= 0.6 is 0 Å². The summed E-state index contributed by atoms with van der Waals surface area (Å²) in [5.41, 5.74) is 16.9. The minimum atomic E-state index is -0.100. The highest BCUT2D eigenvalue weighted by Gasteiger charge is 2.35. The van der Waals surface area contributed by atoms with Gasteiger partial charge >= 0.3 is 0 Å². The largest absolute Gasteiger partial charge is 0.313 e. The van der Waals surface area contributed by atoms with Crippen LogP contribution in [0.3, 0.4) is 0 Å². The fraction of sp³-hybridized carbons (Fsp3) is 0.115. The molecular weight excluding hydrogens is 653 g/mol. The maximum Gasteiger partial charge on any atom is 0.0538 e. The summed E-state index contributed by atoms with van der Waals surface area (Å²) in [5.74, 6) is 0. The Morgan fingerprint density at radius 1 is 0.648 bits per heavy atom. The molecule has 1 aliphatic carbocycles. The normalized spacial score (nSPS) is 13.5. The van der Waals surface area contributed by atoms with Crippen LogP contribution in [-0.4, -0.2) is 4.57 Å². The van der Waals surface area contributed by atoms with E-state index < -0.39 is 0 Å². The van der Waals surface area contributed by atoms with Crippen molar-refractivity contribution in [2.45, 2.75) is 39.0 Å². The Bertz CT molecular complexity index is 2620. The summed E-state index contributed by atoms with van der Waals surface area (Å²) < 4.78 is 2.42. The Balaban J connectivity index is 1.22. The molecule has 2 nitrogen and oxygen atoms in total. The molecule has 0 saturated heterocycles. The summed E-state index contributed by atoms with van der Waals surface area (Å²) in [7, 11) is 0. The zero-order valence-corrected chi connectivity index (χ0v) is 31.5. The number of aromatic nitrogens is 1. The molecule has 0 radical (unpaired) electrons. The van der Waals surface area contributed by atoms with Gasteiger partial charge in [0.05, 0.1) is 11.0 Å². The molecule has 1 aromatic heterocycles. The first-order chi connectivity index (χ1) is 26.4. The molecular formula is C52H46N2. The van der Waals surface area contributed by atoms with Crippen LogP contribution in [0.1, 0.15) is 50.3 Å². The predicted octanol–water partition coefficient (Wildman–Crippen LogP) is 14.8. The molecule has 2 heteroatoms. The smallest absolute Gasteiger partial charge is 0.0538 e. The van der Waals surface area contributed by atoms with Crippen molar-refractivity contribution in [2.24, 2.45) is 0 Å². The van der Waals surface area contributed by atoms with Crippen molar-refractivity contribution in [1.82, 2.24) is 4.57 Å². The lowest BCUT2D eigenvalue weighted by Crippen LogP contribution is -2.16. The molecule has 8 rings (SSSR count). The van der Waals surface area contributed by atoms with E-state index in [1.807, 2.05) is 24.3 Å². The number of fused-ring (bicyclic) bond motifs is 6. The molecule has 1 aliphatic rings. The van der Waals surface area contributed by atoms with Crippen molar-refractivity contribution < 1.29 is 0 Å². The lowest BCUT2D eigenvalue weighted by molar-refractivity contribution is 0.660.